The number of halogens is 1. The highest BCUT2D eigenvalue weighted by Gasteiger charge is 2.02. The molecule has 0 saturated heterocycles. The molecule has 0 aliphatic carbocycles. The van der Waals surface area contributed by atoms with Crippen LogP contribution >= 0.6 is 11.6 Å². The van der Waals surface area contributed by atoms with Crippen molar-refractivity contribution >= 4 is 11.6 Å². The molecule has 0 aliphatic heterocycles. The first kappa shape index (κ1) is 15.9. The molecule has 2 aromatic rings. The number of aryl methyl sites for hydroxylation is 1. The molecule has 0 unspecified atom stereocenters. The summed E-state index contributed by atoms with van der Waals surface area (Å²) in [7, 11) is 0. The quantitative estimate of drug-likeness (QED) is 0.747. The molecule has 1 N–H and O–H groups in total. The van der Waals surface area contributed by atoms with E-state index >= 15 is 0 Å². The van der Waals surface area contributed by atoms with Crippen molar-refractivity contribution in [3.8, 4) is 5.75 Å². The summed E-state index contributed by atoms with van der Waals surface area (Å²) in [5.74, 6) is 0.844. The maximum atomic E-state index is 6.01. The van der Waals surface area contributed by atoms with Crippen LogP contribution in [0.3, 0.4) is 0 Å². The average molecular weight is 304 g/mol. The SMILES string of the molecule is CCCNCc1cccc(COc2cc(Cl)ccc2C)c1. The first-order chi connectivity index (χ1) is 10.2. The molecule has 2 rings (SSSR count). The van der Waals surface area contributed by atoms with Gasteiger partial charge in [-0.3, -0.25) is 0 Å². The Bertz CT molecular complexity index is 583. The van der Waals surface area contributed by atoms with E-state index < -0.39 is 0 Å². The Labute approximate surface area is 132 Å². The molecule has 2 aromatic carbocycles. The standard InChI is InChI=1S/C18H22ClNO/c1-3-9-20-12-15-5-4-6-16(10-15)13-21-18-11-17(19)8-7-14(18)2/h4-8,10-11,20H,3,9,12-13H2,1-2H3. The molecule has 112 valence electrons. The van der Waals surface area contributed by atoms with E-state index in [4.69, 9.17) is 16.3 Å². The monoisotopic (exact) mass is 303 g/mol. The molecule has 0 amide bonds. The van der Waals surface area contributed by atoms with Gasteiger partial charge in [0.25, 0.3) is 0 Å². The predicted octanol–water partition coefficient (Wildman–Crippen LogP) is 4.73. The van der Waals surface area contributed by atoms with Crippen LogP contribution in [0.15, 0.2) is 42.5 Å². The fourth-order valence-corrected chi connectivity index (χ4v) is 2.29. The van der Waals surface area contributed by atoms with E-state index in [-0.39, 0.29) is 0 Å². The lowest BCUT2D eigenvalue weighted by Crippen LogP contribution is -2.13. The van der Waals surface area contributed by atoms with Gasteiger partial charge in [-0.25, -0.2) is 0 Å². The summed E-state index contributed by atoms with van der Waals surface area (Å²) >= 11 is 6.01. The van der Waals surface area contributed by atoms with Gasteiger partial charge in [0.1, 0.15) is 12.4 Å². The van der Waals surface area contributed by atoms with Crippen LogP contribution in [-0.2, 0) is 13.2 Å². The molecule has 0 atom stereocenters. The summed E-state index contributed by atoms with van der Waals surface area (Å²) in [6.07, 6.45) is 1.15. The largest absolute Gasteiger partial charge is 0.489 e. The average Bonchev–Trinajstić information content (AvgIpc) is 2.49. The van der Waals surface area contributed by atoms with Gasteiger partial charge in [0.2, 0.25) is 0 Å². The first-order valence-electron chi connectivity index (χ1n) is 7.36. The van der Waals surface area contributed by atoms with Crippen molar-refractivity contribution in [1.29, 1.82) is 0 Å². The maximum absolute atomic E-state index is 6.01. The number of hydrogen-bond donors (Lipinski definition) is 1. The van der Waals surface area contributed by atoms with Crippen LogP contribution < -0.4 is 10.1 Å². The second kappa shape index (κ2) is 8.06. The van der Waals surface area contributed by atoms with E-state index in [9.17, 15) is 0 Å². The minimum Gasteiger partial charge on any atom is -0.489 e. The van der Waals surface area contributed by atoms with Gasteiger partial charge in [0.05, 0.1) is 0 Å². The van der Waals surface area contributed by atoms with Gasteiger partial charge in [-0.1, -0.05) is 48.9 Å². The molecule has 0 spiro atoms. The Balaban J connectivity index is 1.96. The van der Waals surface area contributed by atoms with Crippen molar-refractivity contribution in [2.75, 3.05) is 6.54 Å². The molecule has 0 aliphatic rings. The highest BCUT2D eigenvalue weighted by atomic mass is 35.5. The van der Waals surface area contributed by atoms with E-state index in [2.05, 4.69) is 36.5 Å². The maximum Gasteiger partial charge on any atom is 0.124 e. The molecular formula is C18H22ClNO. The molecule has 0 saturated carbocycles. The number of benzene rings is 2. The third-order valence-corrected chi connectivity index (χ3v) is 3.53. The van der Waals surface area contributed by atoms with Crippen molar-refractivity contribution in [2.24, 2.45) is 0 Å². The van der Waals surface area contributed by atoms with Crippen LogP contribution in [0.25, 0.3) is 0 Å². The second-order valence-electron chi connectivity index (χ2n) is 5.20. The van der Waals surface area contributed by atoms with Crippen LogP contribution in [0.4, 0.5) is 0 Å². The fourth-order valence-electron chi connectivity index (χ4n) is 2.13. The van der Waals surface area contributed by atoms with E-state index in [1.807, 2.05) is 25.1 Å². The van der Waals surface area contributed by atoms with Crippen molar-refractivity contribution in [2.45, 2.75) is 33.4 Å². The predicted molar refractivity (Wildman–Crippen MR) is 89.0 cm³/mol. The lowest BCUT2D eigenvalue weighted by Gasteiger charge is -2.11. The van der Waals surface area contributed by atoms with E-state index in [1.165, 1.54) is 11.1 Å². The molecule has 0 radical (unpaired) electrons. The van der Waals surface area contributed by atoms with Crippen LogP contribution in [-0.4, -0.2) is 6.54 Å². The number of nitrogens with one attached hydrogen (secondary N) is 1. The minimum atomic E-state index is 0.558. The van der Waals surface area contributed by atoms with Crippen LogP contribution in [0.5, 0.6) is 5.75 Å². The molecule has 0 aromatic heterocycles. The Morgan fingerprint density at radius 2 is 1.90 bits per heavy atom. The summed E-state index contributed by atoms with van der Waals surface area (Å²) in [5, 5.41) is 4.11. The molecule has 0 heterocycles. The normalized spacial score (nSPS) is 10.6. The van der Waals surface area contributed by atoms with Gasteiger partial charge < -0.3 is 10.1 Å². The van der Waals surface area contributed by atoms with E-state index in [0.717, 1.165) is 30.8 Å². The Hall–Kier alpha value is -1.51. The zero-order valence-corrected chi connectivity index (χ0v) is 13.4. The molecule has 21 heavy (non-hydrogen) atoms. The van der Waals surface area contributed by atoms with Crippen molar-refractivity contribution in [1.82, 2.24) is 5.32 Å². The van der Waals surface area contributed by atoms with Crippen molar-refractivity contribution in [3.63, 3.8) is 0 Å². The fraction of sp³-hybridized carbons (Fsp3) is 0.333. The Kier molecular flexibility index (Phi) is 6.09. The highest BCUT2D eigenvalue weighted by Crippen LogP contribution is 2.23. The molecule has 2 nitrogen and oxygen atoms in total. The van der Waals surface area contributed by atoms with Crippen LogP contribution in [0.2, 0.25) is 5.02 Å². The summed E-state index contributed by atoms with van der Waals surface area (Å²) in [6, 6.07) is 14.2. The van der Waals surface area contributed by atoms with Gasteiger partial charge in [-0.15, -0.1) is 0 Å². The van der Waals surface area contributed by atoms with Gasteiger partial charge in [0, 0.05) is 11.6 Å². The zero-order valence-electron chi connectivity index (χ0n) is 12.7. The third-order valence-electron chi connectivity index (χ3n) is 3.29. The Morgan fingerprint density at radius 3 is 2.71 bits per heavy atom. The number of hydrogen-bond acceptors (Lipinski definition) is 2. The van der Waals surface area contributed by atoms with E-state index in [1.54, 1.807) is 0 Å². The summed E-state index contributed by atoms with van der Waals surface area (Å²) in [6.45, 7) is 6.70. The second-order valence-corrected chi connectivity index (χ2v) is 5.63. The summed E-state index contributed by atoms with van der Waals surface area (Å²) in [4.78, 5) is 0. The molecule has 0 bridgehead atoms. The van der Waals surface area contributed by atoms with Gasteiger partial charge in [0.15, 0.2) is 0 Å². The smallest absolute Gasteiger partial charge is 0.124 e. The zero-order chi connectivity index (χ0) is 15.1. The van der Waals surface area contributed by atoms with Gasteiger partial charge in [-0.05, 0) is 48.7 Å². The molecule has 0 fully saturated rings. The van der Waals surface area contributed by atoms with E-state index in [0.29, 0.717) is 11.6 Å². The third kappa shape index (κ3) is 5.07. The molecule has 3 heteroatoms. The lowest BCUT2D eigenvalue weighted by atomic mass is 10.1. The van der Waals surface area contributed by atoms with Gasteiger partial charge >= 0.3 is 0 Å². The van der Waals surface area contributed by atoms with Crippen LogP contribution in [0.1, 0.15) is 30.0 Å². The van der Waals surface area contributed by atoms with Crippen molar-refractivity contribution < 1.29 is 4.74 Å². The summed E-state index contributed by atoms with van der Waals surface area (Å²) < 4.78 is 5.88. The van der Waals surface area contributed by atoms with Gasteiger partial charge in [-0.2, -0.15) is 0 Å². The summed E-state index contributed by atoms with van der Waals surface area (Å²) in [5.41, 5.74) is 3.55. The first-order valence-corrected chi connectivity index (χ1v) is 7.74. The highest BCUT2D eigenvalue weighted by molar-refractivity contribution is 6.30. The van der Waals surface area contributed by atoms with Crippen molar-refractivity contribution in [3.05, 3.63) is 64.2 Å². The molecular weight excluding hydrogens is 282 g/mol. The topological polar surface area (TPSA) is 21.3 Å². The lowest BCUT2D eigenvalue weighted by molar-refractivity contribution is 0.304. The van der Waals surface area contributed by atoms with Crippen LogP contribution in [0, 0.1) is 6.92 Å². The number of rotatable bonds is 7. The Morgan fingerprint density at radius 1 is 1.10 bits per heavy atom. The minimum absolute atomic E-state index is 0.558. The number of ether oxygens (including phenoxy) is 1.